The maximum atomic E-state index is 5.35. The predicted molar refractivity (Wildman–Crippen MR) is 73.1 cm³/mol. The van der Waals surface area contributed by atoms with Crippen LogP contribution in [-0.4, -0.2) is 4.98 Å². The fourth-order valence-corrected chi connectivity index (χ4v) is 0.927. The van der Waals surface area contributed by atoms with E-state index in [1.54, 1.807) is 12.4 Å². The minimum atomic E-state index is 0. The first-order chi connectivity index (χ1) is 6.93. The number of nitrogens with zero attached hydrogens (tertiary/aromatic N) is 1. The highest BCUT2D eigenvalue weighted by atomic mass is 35.5. The van der Waals surface area contributed by atoms with Gasteiger partial charge in [-0.1, -0.05) is 36.4 Å². The van der Waals surface area contributed by atoms with E-state index in [-0.39, 0.29) is 24.8 Å². The summed E-state index contributed by atoms with van der Waals surface area (Å²) in [5, 5.41) is 0. The van der Waals surface area contributed by atoms with E-state index in [2.05, 4.69) is 4.98 Å². The van der Waals surface area contributed by atoms with Gasteiger partial charge in [0.15, 0.2) is 0 Å². The molecule has 2 aromatic rings. The number of rotatable bonds is 1. The van der Waals surface area contributed by atoms with E-state index in [1.165, 1.54) is 5.56 Å². The molecule has 16 heavy (non-hydrogen) atoms. The van der Waals surface area contributed by atoms with Crippen molar-refractivity contribution in [3.8, 4) is 0 Å². The number of hydrogen-bond acceptors (Lipinski definition) is 2. The Morgan fingerprint density at radius 2 is 1.31 bits per heavy atom. The van der Waals surface area contributed by atoms with Gasteiger partial charge in [0.05, 0.1) is 0 Å². The van der Waals surface area contributed by atoms with Crippen LogP contribution >= 0.6 is 24.8 Å². The van der Waals surface area contributed by atoms with Crippen molar-refractivity contribution < 1.29 is 0 Å². The van der Waals surface area contributed by atoms with Gasteiger partial charge >= 0.3 is 0 Å². The van der Waals surface area contributed by atoms with Crippen molar-refractivity contribution in [1.29, 1.82) is 0 Å². The van der Waals surface area contributed by atoms with Crippen molar-refractivity contribution >= 4 is 24.8 Å². The highest BCUT2D eigenvalue weighted by molar-refractivity contribution is 5.85. The molecule has 0 spiro atoms. The van der Waals surface area contributed by atoms with Gasteiger partial charge in [-0.15, -0.1) is 24.8 Å². The molecule has 0 unspecified atom stereocenters. The molecular formula is C12H16Cl2N2. The summed E-state index contributed by atoms with van der Waals surface area (Å²) in [4.78, 5) is 3.78. The summed E-state index contributed by atoms with van der Waals surface area (Å²) in [5.74, 6) is 0. The number of halogens is 2. The van der Waals surface area contributed by atoms with Crippen LogP contribution in [0.5, 0.6) is 0 Å². The van der Waals surface area contributed by atoms with Crippen molar-refractivity contribution in [1.82, 2.24) is 4.98 Å². The second-order valence-corrected chi connectivity index (χ2v) is 2.71. The highest BCUT2D eigenvalue weighted by Gasteiger charge is 1.80. The van der Waals surface area contributed by atoms with Crippen LogP contribution in [0.15, 0.2) is 60.9 Å². The average Bonchev–Trinajstić information content (AvgIpc) is 2.33. The minimum absolute atomic E-state index is 0. The Morgan fingerprint density at radius 1 is 0.812 bits per heavy atom. The van der Waals surface area contributed by atoms with Gasteiger partial charge < -0.3 is 5.73 Å². The molecule has 0 saturated carbocycles. The molecule has 0 aliphatic heterocycles. The standard InChI is InChI=1S/C7H9N.C5H5N.2ClH/c8-6-7-4-2-1-3-5-7;1-2-4-6-5-3-1;;/h1-5H,6,8H2;1-5H;2*1H. The van der Waals surface area contributed by atoms with Crippen LogP contribution in [-0.2, 0) is 6.54 Å². The third-order valence-electron chi connectivity index (χ3n) is 1.65. The van der Waals surface area contributed by atoms with Crippen LogP contribution in [0.3, 0.4) is 0 Å². The Hall–Kier alpha value is -1.09. The first-order valence-corrected chi connectivity index (χ1v) is 4.52. The molecule has 2 rings (SSSR count). The van der Waals surface area contributed by atoms with Gasteiger partial charge in [-0.25, -0.2) is 0 Å². The van der Waals surface area contributed by atoms with Crippen LogP contribution in [0, 0.1) is 0 Å². The zero-order valence-corrected chi connectivity index (χ0v) is 10.5. The lowest BCUT2D eigenvalue weighted by Crippen LogP contribution is -1.94. The van der Waals surface area contributed by atoms with E-state index in [9.17, 15) is 0 Å². The average molecular weight is 259 g/mol. The van der Waals surface area contributed by atoms with Crippen LogP contribution in [0.4, 0.5) is 0 Å². The Bertz CT molecular complexity index is 301. The monoisotopic (exact) mass is 258 g/mol. The van der Waals surface area contributed by atoms with Gasteiger partial charge in [0, 0.05) is 18.9 Å². The van der Waals surface area contributed by atoms with Crippen molar-refractivity contribution in [3.63, 3.8) is 0 Å². The second-order valence-electron chi connectivity index (χ2n) is 2.71. The van der Waals surface area contributed by atoms with E-state index in [0.717, 1.165) is 0 Å². The Balaban J connectivity index is 0. The summed E-state index contributed by atoms with van der Waals surface area (Å²) < 4.78 is 0. The van der Waals surface area contributed by atoms with Crippen LogP contribution < -0.4 is 5.73 Å². The normalized spacial score (nSPS) is 7.56. The highest BCUT2D eigenvalue weighted by Crippen LogP contribution is 1.94. The number of benzene rings is 1. The molecule has 2 nitrogen and oxygen atoms in total. The lowest BCUT2D eigenvalue weighted by Gasteiger charge is -1.90. The van der Waals surface area contributed by atoms with Crippen molar-refractivity contribution in [2.45, 2.75) is 6.54 Å². The van der Waals surface area contributed by atoms with Crippen molar-refractivity contribution in [2.75, 3.05) is 0 Å². The molecule has 1 aromatic carbocycles. The molecule has 1 heterocycles. The topological polar surface area (TPSA) is 38.9 Å². The first kappa shape index (κ1) is 17.3. The SMILES string of the molecule is Cl.Cl.NCc1ccccc1.c1ccncc1. The lowest BCUT2D eigenvalue weighted by molar-refractivity contribution is 1.07. The smallest absolute Gasteiger partial charge is 0.0267 e. The molecule has 0 amide bonds. The summed E-state index contributed by atoms with van der Waals surface area (Å²) in [6.07, 6.45) is 3.50. The fraction of sp³-hybridized carbons (Fsp3) is 0.0833. The Kier molecular flexibility index (Phi) is 13.0. The van der Waals surface area contributed by atoms with E-state index < -0.39 is 0 Å². The van der Waals surface area contributed by atoms with Gasteiger partial charge in [0.25, 0.3) is 0 Å². The zero-order chi connectivity index (χ0) is 10.1. The molecule has 4 heteroatoms. The fourth-order valence-electron chi connectivity index (χ4n) is 0.927. The van der Waals surface area contributed by atoms with Crippen LogP contribution in [0.2, 0.25) is 0 Å². The second kappa shape index (κ2) is 12.0. The summed E-state index contributed by atoms with van der Waals surface area (Å²) in [6.45, 7) is 0.640. The van der Waals surface area contributed by atoms with Gasteiger partial charge in [0.1, 0.15) is 0 Å². The van der Waals surface area contributed by atoms with Crippen molar-refractivity contribution in [2.24, 2.45) is 5.73 Å². The molecule has 0 fully saturated rings. The molecule has 0 saturated heterocycles. The summed E-state index contributed by atoms with van der Waals surface area (Å²) >= 11 is 0. The number of pyridine rings is 1. The van der Waals surface area contributed by atoms with E-state index in [0.29, 0.717) is 6.54 Å². The Morgan fingerprint density at radius 3 is 1.56 bits per heavy atom. The van der Waals surface area contributed by atoms with E-state index in [1.807, 2.05) is 48.5 Å². The summed E-state index contributed by atoms with van der Waals surface area (Å²) in [7, 11) is 0. The van der Waals surface area contributed by atoms with Crippen molar-refractivity contribution in [3.05, 3.63) is 66.5 Å². The number of aromatic nitrogens is 1. The molecule has 0 radical (unpaired) electrons. The largest absolute Gasteiger partial charge is 0.326 e. The first-order valence-electron chi connectivity index (χ1n) is 4.52. The van der Waals surface area contributed by atoms with Gasteiger partial charge in [0.2, 0.25) is 0 Å². The molecule has 2 N–H and O–H groups in total. The summed E-state index contributed by atoms with van der Waals surface area (Å²) in [6, 6.07) is 15.7. The van der Waals surface area contributed by atoms with Crippen LogP contribution in [0.1, 0.15) is 5.56 Å². The predicted octanol–water partition coefficient (Wildman–Crippen LogP) is 3.07. The minimum Gasteiger partial charge on any atom is -0.326 e. The third kappa shape index (κ3) is 8.24. The molecule has 0 aliphatic rings. The molecule has 1 aromatic heterocycles. The van der Waals surface area contributed by atoms with Crippen LogP contribution in [0.25, 0.3) is 0 Å². The number of hydrogen-bond donors (Lipinski definition) is 1. The van der Waals surface area contributed by atoms with E-state index >= 15 is 0 Å². The maximum absolute atomic E-state index is 5.35. The Labute approximate surface area is 109 Å². The molecule has 0 bridgehead atoms. The van der Waals surface area contributed by atoms with Gasteiger partial charge in [-0.2, -0.15) is 0 Å². The summed E-state index contributed by atoms with van der Waals surface area (Å²) in [5.41, 5.74) is 6.54. The zero-order valence-electron chi connectivity index (χ0n) is 8.82. The van der Waals surface area contributed by atoms with Gasteiger partial charge in [-0.3, -0.25) is 4.98 Å². The number of nitrogens with two attached hydrogens (primary N) is 1. The third-order valence-corrected chi connectivity index (χ3v) is 1.65. The molecule has 88 valence electrons. The van der Waals surface area contributed by atoms with E-state index in [4.69, 9.17) is 5.73 Å². The maximum Gasteiger partial charge on any atom is 0.0267 e. The molecular weight excluding hydrogens is 243 g/mol. The molecule has 0 aliphatic carbocycles. The van der Waals surface area contributed by atoms with Gasteiger partial charge in [-0.05, 0) is 17.7 Å². The molecule has 0 atom stereocenters. The lowest BCUT2D eigenvalue weighted by atomic mass is 10.2. The quantitative estimate of drug-likeness (QED) is 0.854.